The molecule has 1 saturated heterocycles. The molecule has 186 valence electrons. The van der Waals surface area contributed by atoms with Crippen molar-refractivity contribution in [3.8, 4) is 23.0 Å². The summed E-state index contributed by atoms with van der Waals surface area (Å²) >= 11 is 1.31. The molecule has 1 aromatic carbocycles. The first kappa shape index (κ1) is 23.7. The number of hydrogen-bond donors (Lipinski definition) is 0. The third-order valence-corrected chi connectivity index (χ3v) is 6.67. The van der Waals surface area contributed by atoms with Crippen LogP contribution in [0.4, 0.5) is 0 Å². The molecule has 0 aliphatic carbocycles. The van der Waals surface area contributed by atoms with Gasteiger partial charge in [-0.15, -0.1) is 10.2 Å². The van der Waals surface area contributed by atoms with Crippen molar-refractivity contribution in [3.05, 3.63) is 66.8 Å². The summed E-state index contributed by atoms with van der Waals surface area (Å²) in [5.74, 6) is 2.21. The molecular weight excluding hydrogens is 482 g/mol. The first-order valence-electron chi connectivity index (χ1n) is 11.6. The minimum Gasteiger partial charge on any atom is -0.494 e. The lowest BCUT2D eigenvalue weighted by atomic mass is 10.3. The molecule has 0 saturated carbocycles. The zero-order valence-corrected chi connectivity index (χ0v) is 20.5. The van der Waals surface area contributed by atoms with E-state index in [1.54, 1.807) is 34.3 Å². The van der Waals surface area contributed by atoms with Crippen LogP contribution < -0.4 is 4.74 Å². The highest BCUT2D eigenvalue weighted by atomic mass is 32.2. The molecule has 10 nitrogen and oxygen atoms in total. The zero-order chi connectivity index (χ0) is 24.9. The summed E-state index contributed by atoms with van der Waals surface area (Å²) in [5.41, 5.74) is 0.829. The maximum Gasteiger partial charge on any atom is 0.289 e. The minimum atomic E-state index is -0.157. The molecule has 1 aliphatic heterocycles. The third-order valence-electron chi connectivity index (χ3n) is 5.76. The number of piperazine rings is 1. The van der Waals surface area contributed by atoms with E-state index in [1.165, 1.54) is 18.0 Å². The van der Waals surface area contributed by atoms with Crippen molar-refractivity contribution in [2.75, 3.05) is 38.5 Å². The van der Waals surface area contributed by atoms with E-state index < -0.39 is 0 Å². The fraction of sp³-hybridized carbons (Fsp3) is 0.280. The number of thioether (sulfide) groups is 1. The predicted molar refractivity (Wildman–Crippen MR) is 132 cm³/mol. The van der Waals surface area contributed by atoms with E-state index in [0.29, 0.717) is 55.3 Å². The van der Waals surface area contributed by atoms with Crippen molar-refractivity contribution in [3.63, 3.8) is 0 Å². The third kappa shape index (κ3) is 5.01. The van der Waals surface area contributed by atoms with E-state index in [4.69, 9.17) is 13.6 Å². The van der Waals surface area contributed by atoms with Crippen LogP contribution in [0.15, 0.2) is 75.0 Å². The van der Waals surface area contributed by atoms with Crippen LogP contribution in [-0.2, 0) is 4.79 Å². The standard InChI is InChI=1S/C25H25N5O5S/c1-2-33-19-9-7-18(8-10-19)30-23(20-5-3-15-34-20)26-27-25(30)36-17-22(31)28-11-13-29(14-12-28)24(32)21-6-4-16-35-21/h3-10,15-16H,2,11-14,17H2,1H3. The van der Waals surface area contributed by atoms with Gasteiger partial charge in [-0.2, -0.15) is 0 Å². The number of aromatic nitrogens is 3. The Labute approximate surface area is 211 Å². The molecule has 4 heterocycles. The van der Waals surface area contributed by atoms with Crippen molar-refractivity contribution in [2.24, 2.45) is 0 Å². The summed E-state index contributed by atoms with van der Waals surface area (Å²) in [4.78, 5) is 28.9. The number of ether oxygens (including phenoxy) is 1. The monoisotopic (exact) mass is 507 g/mol. The summed E-state index contributed by atoms with van der Waals surface area (Å²) in [6.07, 6.45) is 3.06. The highest BCUT2D eigenvalue weighted by Gasteiger charge is 2.27. The summed E-state index contributed by atoms with van der Waals surface area (Å²) in [7, 11) is 0. The Hall–Kier alpha value is -3.99. The Bertz CT molecular complexity index is 1290. The van der Waals surface area contributed by atoms with Crippen molar-refractivity contribution in [1.82, 2.24) is 24.6 Å². The fourth-order valence-corrected chi connectivity index (χ4v) is 4.81. The van der Waals surface area contributed by atoms with Gasteiger partial charge in [0.2, 0.25) is 11.7 Å². The Kier molecular flexibility index (Phi) is 7.08. The summed E-state index contributed by atoms with van der Waals surface area (Å²) in [6, 6.07) is 14.5. The molecule has 4 aromatic rings. The number of rotatable bonds is 8. The SMILES string of the molecule is CCOc1ccc(-n2c(SCC(=O)N3CCN(C(=O)c4ccco4)CC3)nnc2-c2ccco2)cc1. The van der Waals surface area contributed by atoms with Crippen LogP contribution in [0.3, 0.4) is 0 Å². The Morgan fingerprint density at radius 2 is 1.67 bits per heavy atom. The van der Waals surface area contributed by atoms with Gasteiger partial charge in [-0.25, -0.2) is 0 Å². The summed E-state index contributed by atoms with van der Waals surface area (Å²) in [6.45, 7) is 4.37. The van der Waals surface area contributed by atoms with Gasteiger partial charge in [-0.3, -0.25) is 14.2 Å². The van der Waals surface area contributed by atoms with Gasteiger partial charge in [0.1, 0.15) is 5.75 Å². The Balaban J connectivity index is 1.26. The topological polar surface area (TPSA) is 107 Å². The second-order valence-corrected chi connectivity index (χ2v) is 8.93. The highest BCUT2D eigenvalue weighted by Crippen LogP contribution is 2.29. The van der Waals surface area contributed by atoms with Crippen LogP contribution in [0.25, 0.3) is 17.3 Å². The van der Waals surface area contributed by atoms with Crippen molar-refractivity contribution < 1.29 is 23.2 Å². The minimum absolute atomic E-state index is 0.0223. The summed E-state index contributed by atoms with van der Waals surface area (Å²) < 4.78 is 18.2. The van der Waals surface area contributed by atoms with E-state index in [2.05, 4.69) is 10.2 Å². The van der Waals surface area contributed by atoms with Gasteiger partial charge in [0, 0.05) is 26.2 Å². The van der Waals surface area contributed by atoms with Gasteiger partial charge < -0.3 is 23.4 Å². The van der Waals surface area contributed by atoms with Gasteiger partial charge >= 0.3 is 0 Å². The van der Waals surface area contributed by atoms with Crippen LogP contribution in [0.1, 0.15) is 17.5 Å². The smallest absolute Gasteiger partial charge is 0.289 e. The molecule has 0 unspecified atom stereocenters. The molecule has 36 heavy (non-hydrogen) atoms. The molecule has 0 N–H and O–H groups in total. The fourth-order valence-electron chi connectivity index (χ4n) is 3.95. The maximum absolute atomic E-state index is 13.0. The molecule has 3 aromatic heterocycles. The number of benzene rings is 1. The van der Waals surface area contributed by atoms with Crippen LogP contribution in [0.5, 0.6) is 5.75 Å². The number of nitrogens with zero attached hydrogens (tertiary/aromatic N) is 5. The lowest BCUT2D eigenvalue weighted by molar-refractivity contribution is -0.129. The maximum atomic E-state index is 13.0. The van der Waals surface area contributed by atoms with Crippen molar-refractivity contribution >= 4 is 23.6 Å². The number of hydrogen-bond acceptors (Lipinski definition) is 8. The highest BCUT2D eigenvalue weighted by molar-refractivity contribution is 7.99. The number of carbonyl (C=O) groups is 2. The van der Waals surface area contributed by atoms with Gasteiger partial charge in [0.05, 0.1) is 30.6 Å². The van der Waals surface area contributed by atoms with Crippen LogP contribution in [0, 0.1) is 0 Å². The van der Waals surface area contributed by atoms with Crippen molar-refractivity contribution in [1.29, 1.82) is 0 Å². The molecule has 0 spiro atoms. The number of carbonyl (C=O) groups excluding carboxylic acids is 2. The number of amides is 2. The van der Waals surface area contributed by atoms with Crippen LogP contribution in [0.2, 0.25) is 0 Å². The predicted octanol–water partition coefficient (Wildman–Crippen LogP) is 3.60. The lowest BCUT2D eigenvalue weighted by Crippen LogP contribution is -2.51. The molecule has 0 atom stereocenters. The Morgan fingerprint density at radius 3 is 2.33 bits per heavy atom. The molecule has 2 amide bonds. The van der Waals surface area contributed by atoms with Crippen molar-refractivity contribution in [2.45, 2.75) is 12.1 Å². The lowest BCUT2D eigenvalue weighted by Gasteiger charge is -2.34. The molecule has 0 radical (unpaired) electrons. The molecule has 1 fully saturated rings. The normalized spacial score (nSPS) is 13.7. The first-order valence-corrected chi connectivity index (χ1v) is 12.6. The zero-order valence-electron chi connectivity index (χ0n) is 19.7. The van der Waals surface area contributed by atoms with E-state index in [-0.39, 0.29) is 17.6 Å². The van der Waals surface area contributed by atoms with E-state index >= 15 is 0 Å². The van der Waals surface area contributed by atoms with Crippen LogP contribution in [-0.4, -0.2) is 74.9 Å². The van der Waals surface area contributed by atoms with Gasteiger partial charge in [-0.05, 0) is 55.5 Å². The molecule has 11 heteroatoms. The average Bonchev–Trinajstić information content (AvgIpc) is 3.69. The largest absolute Gasteiger partial charge is 0.494 e. The molecule has 5 rings (SSSR count). The van der Waals surface area contributed by atoms with E-state index in [1.807, 2.05) is 41.8 Å². The van der Waals surface area contributed by atoms with Gasteiger partial charge in [-0.1, -0.05) is 11.8 Å². The quantitative estimate of drug-likeness (QED) is 0.333. The molecular formula is C25H25N5O5S. The van der Waals surface area contributed by atoms with Gasteiger partial charge in [0.15, 0.2) is 16.7 Å². The average molecular weight is 508 g/mol. The van der Waals surface area contributed by atoms with E-state index in [0.717, 1.165) is 11.4 Å². The summed E-state index contributed by atoms with van der Waals surface area (Å²) in [5, 5.41) is 9.24. The first-order chi connectivity index (χ1) is 17.6. The molecule has 0 bridgehead atoms. The Morgan fingerprint density at radius 1 is 0.944 bits per heavy atom. The van der Waals surface area contributed by atoms with Gasteiger partial charge in [0.25, 0.3) is 5.91 Å². The second-order valence-electron chi connectivity index (χ2n) is 7.98. The molecule has 1 aliphatic rings. The van der Waals surface area contributed by atoms with E-state index in [9.17, 15) is 9.59 Å². The number of furan rings is 2. The second kappa shape index (κ2) is 10.7. The van der Waals surface area contributed by atoms with Crippen LogP contribution >= 0.6 is 11.8 Å².